The van der Waals surface area contributed by atoms with Gasteiger partial charge < -0.3 is 5.73 Å². The zero-order chi connectivity index (χ0) is 13.8. The van der Waals surface area contributed by atoms with Crippen LogP contribution >= 0.6 is 0 Å². The molecule has 0 amide bonds. The molecule has 1 aliphatic carbocycles. The summed E-state index contributed by atoms with van der Waals surface area (Å²) >= 11 is 0. The van der Waals surface area contributed by atoms with E-state index in [1.807, 2.05) is 0 Å². The molecule has 1 heterocycles. The van der Waals surface area contributed by atoms with Gasteiger partial charge in [0, 0.05) is 24.7 Å². The van der Waals surface area contributed by atoms with Crippen molar-refractivity contribution in [2.75, 3.05) is 13.1 Å². The first-order valence-corrected chi connectivity index (χ1v) is 7.67. The molecule has 0 radical (unpaired) electrons. The van der Waals surface area contributed by atoms with Crippen LogP contribution in [0, 0.1) is 0 Å². The highest BCUT2D eigenvalue weighted by Crippen LogP contribution is 2.32. The van der Waals surface area contributed by atoms with Gasteiger partial charge in [0.2, 0.25) is 0 Å². The minimum absolute atomic E-state index is 0.149. The Morgan fingerprint density at radius 2 is 1.85 bits per heavy atom. The topological polar surface area (TPSA) is 29.3 Å². The highest BCUT2D eigenvalue weighted by atomic mass is 15.2. The molecule has 0 spiro atoms. The van der Waals surface area contributed by atoms with Crippen LogP contribution in [-0.4, -0.2) is 29.6 Å². The maximum Gasteiger partial charge on any atom is 0.0469 e. The fourth-order valence-corrected chi connectivity index (χ4v) is 3.42. The fraction of sp³-hybridized carbons (Fsp3) is 0.444. The van der Waals surface area contributed by atoms with Crippen molar-refractivity contribution < 1.29 is 0 Å². The second-order valence-corrected chi connectivity index (χ2v) is 6.08. The van der Waals surface area contributed by atoms with E-state index in [9.17, 15) is 0 Å². The quantitative estimate of drug-likeness (QED) is 0.913. The molecule has 20 heavy (non-hydrogen) atoms. The summed E-state index contributed by atoms with van der Waals surface area (Å²) in [5, 5.41) is 0. The molecular formula is C18H24N2. The van der Waals surface area contributed by atoms with Crippen molar-refractivity contribution >= 4 is 0 Å². The van der Waals surface area contributed by atoms with Gasteiger partial charge in [0.25, 0.3) is 0 Å². The normalized spacial score (nSPS) is 27.9. The van der Waals surface area contributed by atoms with Gasteiger partial charge in [-0.3, -0.25) is 4.90 Å². The van der Waals surface area contributed by atoms with Gasteiger partial charge >= 0.3 is 0 Å². The smallest absolute Gasteiger partial charge is 0.0469 e. The molecular weight excluding hydrogens is 244 g/mol. The molecule has 2 aliphatic rings. The Hall–Kier alpha value is -1.38. The minimum Gasteiger partial charge on any atom is -0.328 e. The zero-order valence-corrected chi connectivity index (χ0v) is 12.0. The molecule has 3 rings (SSSR count). The summed E-state index contributed by atoms with van der Waals surface area (Å²) in [7, 11) is 0. The van der Waals surface area contributed by atoms with Crippen molar-refractivity contribution in [3.63, 3.8) is 0 Å². The van der Waals surface area contributed by atoms with Crippen LogP contribution in [-0.2, 0) is 6.42 Å². The van der Waals surface area contributed by atoms with E-state index in [1.165, 1.54) is 5.56 Å². The summed E-state index contributed by atoms with van der Waals surface area (Å²) in [6.45, 7) is 2.23. The van der Waals surface area contributed by atoms with Gasteiger partial charge in [-0.2, -0.15) is 0 Å². The molecule has 1 atom stereocenters. The Morgan fingerprint density at radius 3 is 2.50 bits per heavy atom. The zero-order valence-electron chi connectivity index (χ0n) is 12.0. The first-order chi connectivity index (χ1) is 9.78. The molecule has 1 aromatic carbocycles. The van der Waals surface area contributed by atoms with Gasteiger partial charge in [0.15, 0.2) is 0 Å². The number of nitrogens with two attached hydrogens (primary N) is 1. The fourth-order valence-electron chi connectivity index (χ4n) is 3.42. The van der Waals surface area contributed by atoms with Crippen LogP contribution < -0.4 is 5.73 Å². The number of benzene rings is 1. The molecule has 1 aliphatic heterocycles. The molecule has 1 unspecified atom stereocenters. The van der Waals surface area contributed by atoms with Gasteiger partial charge in [-0.05, 0) is 31.2 Å². The molecule has 1 aromatic rings. The SMILES string of the molecule is NC1CCN(C2(Cc3ccccc3)C=CC=CC2)CC1. The Labute approximate surface area is 122 Å². The first kappa shape index (κ1) is 13.6. The van der Waals surface area contributed by atoms with E-state index in [1.54, 1.807) is 0 Å². The average molecular weight is 268 g/mol. The van der Waals surface area contributed by atoms with E-state index in [0.717, 1.165) is 38.8 Å². The van der Waals surface area contributed by atoms with E-state index in [0.29, 0.717) is 6.04 Å². The molecule has 106 valence electrons. The van der Waals surface area contributed by atoms with Crippen LogP contribution in [0.3, 0.4) is 0 Å². The Morgan fingerprint density at radius 1 is 1.10 bits per heavy atom. The lowest BCUT2D eigenvalue weighted by Crippen LogP contribution is -2.54. The van der Waals surface area contributed by atoms with E-state index >= 15 is 0 Å². The highest BCUT2D eigenvalue weighted by molar-refractivity contribution is 5.27. The summed E-state index contributed by atoms with van der Waals surface area (Å²) in [6, 6.07) is 11.2. The number of nitrogens with zero attached hydrogens (tertiary/aromatic N) is 1. The maximum atomic E-state index is 6.06. The summed E-state index contributed by atoms with van der Waals surface area (Å²) in [6.07, 6.45) is 13.5. The minimum atomic E-state index is 0.149. The van der Waals surface area contributed by atoms with E-state index in [-0.39, 0.29) is 5.54 Å². The largest absolute Gasteiger partial charge is 0.328 e. The van der Waals surface area contributed by atoms with Crippen LogP contribution in [0.5, 0.6) is 0 Å². The van der Waals surface area contributed by atoms with Crippen molar-refractivity contribution in [2.45, 2.75) is 37.3 Å². The van der Waals surface area contributed by atoms with Crippen molar-refractivity contribution in [1.82, 2.24) is 4.90 Å². The molecule has 0 saturated carbocycles. The third-order valence-electron chi connectivity index (χ3n) is 4.65. The van der Waals surface area contributed by atoms with Crippen LogP contribution in [0.2, 0.25) is 0 Å². The average Bonchev–Trinajstić information content (AvgIpc) is 2.50. The summed E-state index contributed by atoms with van der Waals surface area (Å²) in [5.41, 5.74) is 7.63. The highest BCUT2D eigenvalue weighted by Gasteiger charge is 2.35. The molecule has 1 fully saturated rings. The lowest BCUT2D eigenvalue weighted by atomic mass is 9.81. The summed E-state index contributed by atoms with van der Waals surface area (Å²) in [5.74, 6) is 0. The third-order valence-corrected chi connectivity index (χ3v) is 4.65. The second-order valence-electron chi connectivity index (χ2n) is 6.08. The third kappa shape index (κ3) is 2.87. The standard InChI is InChI=1S/C18H24N2/c19-17-9-13-20(14-10-17)18(11-5-2-6-12-18)15-16-7-3-1-4-8-16/h1-8,11,17H,9-10,12-15,19H2. The second kappa shape index (κ2) is 5.94. The van der Waals surface area contributed by atoms with Crippen molar-refractivity contribution in [3.05, 3.63) is 60.2 Å². The molecule has 2 N–H and O–H groups in total. The lowest BCUT2D eigenvalue weighted by Gasteiger charge is -2.46. The van der Waals surface area contributed by atoms with E-state index in [4.69, 9.17) is 5.73 Å². The van der Waals surface area contributed by atoms with Crippen molar-refractivity contribution in [1.29, 1.82) is 0 Å². The predicted molar refractivity (Wildman–Crippen MR) is 84.6 cm³/mol. The number of hydrogen-bond acceptors (Lipinski definition) is 2. The molecule has 0 bridgehead atoms. The Balaban J connectivity index is 1.82. The van der Waals surface area contributed by atoms with Crippen LogP contribution in [0.1, 0.15) is 24.8 Å². The Bertz CT molecular complexity index is 483. The monoisotopic (exact) mass is 268 g/mol. The van der Waals surface area contributed by atoms with Crippen LogP contribution in [0.25, 0.3) is 0 Å². The molecule has 0 aromatic heterocycles. The summed E-state index contributed by atoms with van der Waals surface area (Å²) in [4.78, 5) is 2.64. The van der Waals surface area contributed by atoms with Crippen molar-refractivity contribution in [2.24, 2.45) is 5.73 Å². The van der Waals surface area contributed by atoms with Gasteiger partial charge in [-0.1, -0.05) is 54.6 Å². The lowest BCUT2D eigenvalue weighted by molar-refractivity contribution is 0.0975. The van der Waals surface area contributed by atoms with E-state index in [2.05, 4.69) is 59.5 Å². The van der Waals surface area contributed by atoms with Gasteiger partial charge in [0.05, 0.1) is 0 Å². The van der Waals surface area contributed by atoms with E-state index < -0.39 is 0 Å². The molecule has 2 heteroatoms. The predicted octanol–water partition coefficient (Wildman–Crippen LogP) is 2.91. The maximum absolute atomic E-state index is 6.06. The molecule has 2 nitrogen and oxygen atoms in total. The first-order valence-electron chi connectivity index (χ1n) is 7.67. The number of piperidine rings is 1. The van der Waals surface area contributed by atoms with Crippen LogP contribution in [0.15, 0.2) is 54.6 Å². The van der Waals surface area contributed by atoms with Gasteiger partial charge in [-0.15, -0.1) is 0 Å². The molecule has 1 saturated heterocycles. The van der Waals surface area contributed by atoms with Gasteiger partial charge in [-0.25, -0.2) is 0 Å². The number of likely N-dealkylation sites (tertiary alicyclic amines) is 1. The Kier molecular flexibility index (Phi) is 4.04. The summed E-state index contributed by atoms with van der Waals surface area (Å²) < 4.78 is 0. The van der Waals surface area contributed by atoms with Crippen molar-refractivity contribution in [3.8, 4) is 0 Å². The number of rotatable bonds is 3. The number of hydrogen-bond donors (Lipinski definition) is 1. The van der Waals surface area contributed by atoms with Crippen LogP contribution in [0.4, 0.5) is 0 Å². The number of allylic oxidation sites excluding steroid dienone is 2. The van der Waals surface area contributed by atoms with Gasteiger partial charge in [0.1, 0.15) is 0 Å².